The Labute approximate surface area is 98.3 Å². The zero-order valence-electron chi connectivity index (χ0n) is 9.36. The van der Waals surface area contributed by atoms with Gasteiger partial charge in [-0.25, -0.2) is 17.6 Å². The number of rotatable bonds is 3. The molecule has 0 aliphatic carbocycles. The number of hydrogen-bond acceptors (Lipinski definition) is 5. The van der Waals surface area contributed by atoms with Gasteiger partial charge in [-0.2, -0.15) is 0 Å². The van der Waals surface area contributed by atoms with E-state index in [4.69, 9.17) is 5.73 Å². The molecule has 1 aromatic carbocycles. The van der Waals surface area contributed by atoms with Crippen molar-refractivity contribution in [2.45, 2.75) is 5.75 Å². The molecular weight excluding hydrogens is 249 g/mol. The lowest BCUT2D eigenvalue weighted by Gasteiger charge is -2.08. The third-order valence-electron chi connectivity index (χ3n) is 2.06. The number of benzene rings is 1. The third kappa shape index (κ3) is 3.16. The fourth-order valence-corrected chi connectivity index (χ4v) is 2.13. The van der Waals surface area contributed by atoms with Gasteiger partial charge in [0.1, 0.15) is 11.4 Å². The Kier molecular flexibility index (Phi) is 3.72. The zero-order valence-corrected chi connectivity index (χ0v) is 10.2. The van der Waals surface area contributed by atoms with Crippen molar-refractivity contribution in [2.75, 3.05) is 19.1 Å². The first kappa shape index (κ1) is 13.4. The minimum atomic E-state index is -3.39. The summed E-state index contributed by atoms with van der Waals surface area (Å²) in [6.07, 6.45) is 0.973. The highest BCUT2D eigenvalue weighted by Gasteiger charge is 2.21. The Balaban J connectivity index is 3.33. The summed E-state index contributed by atoms with van der Waals surface area (Å²) in [4.78, 5) is 11.3. The van der Waals surface area contributed by atoms with E-state index in [-0.39, 0.29) is 11.3 Å². The van der Waals surface area contributed by atoms with E-state index in [1.54, 1.807) is 0 Å². The number of ether oxygens (including phenoxy) is 1. The lowest BCUT2D eigenvalue weighted by Crippen LogP contribution is -2.12. The molecule has 0 bridgehead atoms. The van der Waals surface area contributed by atoms with Gasteiger partial charge in [0.05, 0.1) is 12.9 Å². The van der Waals surface area contributed by atoms with Crippen LogP contribution in [0.1, 0.15) is 15.9 Å². The van der Waals surface area contributed by atoms with Crippen molar-refractivity contribution in [3.8, 4) is 0 Å². The van der Waals surface area contributed by atoms with Gasteiger partial charge in [-0.3, -0.25) is 0 Å². The van der Waals surface area contributed by atoms with Crippen LogP contribution in [0.4, 0.5) is 10.1 Å². The molecule has 0 aromatic heterocycles. The predicted molar refractivity (Wildman–Crippen MR) is 60.7 cm³/mol. The van der Waals surface area contributed by atoms with Gasteiger partial charge in [0.25, 0.3) is 0 Å². The fourth-order valence-electron chi connectivity index (χ4n) is 1.34. The maximum Gasteiger partial charge on any atom is 0.342 e. The molecule has 7 heteroatoms. The maximum absolute atomic E-state index is 13.9. The summed E-state index contributed by atoms with van der Waals surface area (Å²) < 4.78 is 40.4. The Bertz CT molecular complexity index is 554. The molecule has 1 rings (SSSR count). The molecule has 0 saturated carbocycles. The quantitative estimate of drug-likeness (QED) is 0.640. The maximum atomic E-state index is 13.9. The molecule has 94 valence electrons. The highest BCUT2D eigenvalue weighted by Crippen LogP contribution is 2.22. The number of nitrogens with two attached hydrogens (primary N) is 1. The van der Waals surface area contributed by atoms with Crippen LogP contribution in [-0.2, 0) is 20.3 Å². The van der Waals surface area contributed by atoms with E-state index in [1.807, 2.05) is 0 Å². The second kappa shape index (κ2) is 4.70. The molecule has 0 fully saturated rings. The number of esters is 1. The normalized spacial score (nSPS) is 11.2. The summed E-state index contributed by atoms with van der Waals surface area (Å²) in [7, 11) is -2.31. The molecule has 0 unspecified atom stereocenters. The molecular formula is C10H12FNO4S. The smallest absolute Gasteiger partial charge is 0.342 e. The van der Waals surface area contributed by atoms with Crippen molar-refractivity contribution < 1.29 is 22.3 Å². The van der Waals surface area contributed by atoms with E-state index < -0.39 is 32.9 Å². The number of anilines is 1. The van der Waals surface area contributed by atoms with Gasteiger partial charge < -0.3 is 10.5 Å². The Morgan fingerprint density at radius 3 is 2.53 bits per heavy atom. The van der Waals surface area contributed by atoms with E-state index in [0.29, 0.717) is 0 Å². The second-order valence-corrected chi connectivity index (χ2v) is 5.70. The number of carbonyl (C=O) groups excluding carboxylic acids is 1. The Morgan fingerprint density at radius 1 is 1.47 bits per heavy atom. The van der Waals surface area contributed by atoms with Crippen molar-refractivity contribution in [3.63, 3.8) is 0 Å². The average molecular weight is 261 g/mol. The summed E-state index contributed by atoms with van der Waals surface area (Å²) in [6, 6.07) is 2.51. The van der Waals surface area contributed by atoms with Gasteiger partial charge in [0.2, 0.25) is 0 Å². The van der Waals surface area contributed by atoms with E-state index in [1.165, 1.54) is 12.1 Å². The van der Waals surface area contributed by atoms with Crippen LogP contribution >= 0.6 is 0 Å². The molecule has 2 N–H and O–H groups in total. The van der Waals surface area contributed by atoms with E-state index in [2.05, 4.69) is 4.74 Å². The molecule has 0 amide bonds. The van der Waals surface area contributed by atoms with Crippen LogP contribution in [0.5, 0.6) is 0 Å². The lowest BCUT2D eigenvalue weighted by molar-refractivity contribution is 0.0596. The predicted octanol–water partition coefficient (Wildman–Crippen LogP) is 0.739. The van der Waals surface area contributed by atoms with E-state index in [9.17, 15) is 17.6 Å². The van der Waals surface area contributed by atoms with Crippen LogP contribution in [0.25, 0.3) is 0 Å². The van der Waals surface area contributed by atoms with Crippen LogP contribution in [0.3, 0.4) is 0 Å². The molecule has 0 aliphatic heterocycles. The summed E-state index contributed by atoms with van der Waals surface area (Å²) >= 11 is 0. The highest BCUT2D eigenvalue weighted by molar-refractivity contribution is 7.89. The van der Waals surface area contributed by atoms with Crippen molar-refractivity contribution in [1.82, 2.24) is 0 Å². The molecule has 0 aliphatic rings. The average Bonchev–Trinajstić information content (AvgIpc) is 2.20. The zero-order chi connectivity index (χ0) is 13.2. The number of hydrogen-bond donors (Lipinski definition) is 1. The van der Waals surface area contributed by atoms with E-state index in [0.717, 1.165) is 13.4 Å². The number of carbonyl (C=O) groups is 1. The monoisotopic (exact) mass is 261 g/mol. The molecule has 0 atom stereocenters. The van der Waals surface area contributed by atoms with Gasteiger partial charge in [-0.05, 0) is 6.07 Å². The minimum absolute atomic E-state index is 0.0911. The number of halogens is 1. The van der Waals surface area contributed by atoms with Crippen LogP contribution in [-0.4, -0.2) is 27.8 Å². The standard InChI is InChI=1S/C10H12FNO4S/c1-16-10(13)8-7(12)4-3-6(9(8)11)5-17(2,14)15/h3-4H,5,12H2,1-2H3. The first-order valence-electron chi connectivity index (χ1n) is 4.59. The molecule has 0 heterocycles. The van der Waals surface area contributed by atoms with Crippen LogP contribution in [0.2, 0.25) is 0 Å². The summed E-state index contributed by atoms with van der Waals surface area (Å²) in [5.74, 6) is -2.39. The second-order valence-electron chi connectivity index (χ2n) is 3.56. The SMILES string of the molecule is COC(=O)c1c(N)ccc(CS(C)(=O)=O)c1F. The van der Waals surface area contributed by atoms with Gasteiger partial charge in [-0.1, -0.05) is 6.07 Å². The highest BCUT2D eigenvalue weighted by atomic mass is 32.2. The minimum Gasteiger partial charge on any atom is -0.465 e. The van der Waals surface area contributed by atoms with Gasteiger partial charge in [-0.15, -0.1) is 0 Å². The van der Waals surface area contributed by atoms with Crippen molar-refractivity contribution in [2.24, 2.45) is 0 Å². The van der Waals surface area contributed by atoms with Gasteiger partial charge >= 0.3 is 5.97 Å². The first-order chi connectivity index (χ1) is 7.76. The van der Waals surface area contributed by atoms with Crippen LogP contribution < -0.4 is 5.73 Å². The van der Waals surface area contributed by atoms with Crippen LogP contribution in [0, 0.1) is 5.82 Å². The Hall–Kier alpha value is -1.63. The first-order valence-corrected chi connectivity index (χ1v) is 6.65. The lowest BCUT2D eigenvalue weighted by atomic mass is 10.1. The van der Waals surface area contributed by atoms with Gasteiger partial charge in [0, 0.05) is 17.5 Å². The van der Waals surface area contributed by atoms with Crippen molar-refractivity contribution in [3.05, 3.63) is 29.1 Å². The van der Waals surface area contributed by atoms with E-state index >= 15 is 0 Å². The number of methoxy groups -OCH3 is 1. The molecule has 0 radical (unpaired) electrons. The Morgan fingerprint density at radius 2 is 2.06 bits per heavy atom. The summed E-state index contributed by atoms with van der Waals surface area (Å²) in [5.41, 5.74) is 4.80. The summed E-state index contributed by atoms with van der Waals surface area (Å²) in [5, 5.41) is 0. The van der Waals surface area contributed by atoms with Gasteiger partial charge in [0.15, 0.2) is 9.84 Å². The largest absolute Gasteiger partial charge is 0.465 e. The van der Waals surface area contributed by atoms with Crippen LogP contribution in [0.15, 0.2) is 12.1 Å². The number of nitrogen functional groups attached to an aromatic ring is 1. The van der Waals surface area contributed by atoms with Crippen molar-refractivity contribution >= 4 is 21.5 Å². The molecule has 0 spiro atoms. The number of sulfone groups is 1. The topological polar surface area (TPSA) is 86.5 Å². The fraction of sp³-hybridized carbons (Fsp3) is 0.300. The third-order valence-corrected chi connectivity index (χ3v) is 2.90. The van der Waals surface area contributed by atoms with Crippen molar-refractivity contribution in [1.29, 1.82) is 0 Å². The molecule has 1 aromatic rings. The molecule has 0 saturated heterocycles. The summed E-state index contributed by atoms with van der Waals surface area (Å²) in [6.45, 7) is 0. The molecule has 17 heavy (non-hydrogen) atoms. The molecule has 5 nitrogen and oxygen atoms in total.